The number of benzene rings is 2. The molecule has 0 aliphatic heterocycles. The van der Waals surface area contributed by atoms with Gasteiger partial charge in [-0.1, -0.05) is 24.3 Å². The van der Waals surface area contributed by atoms with Crippen molar-refractivity contribution in [3.8, 4) is 0 Å². The van der Waals surface area contributed by atoms with Crippen molar-refractivity contribution < 1.29 is 14.8 Å². The molecule has 0 saturated carbocycles. The van der Waals surface area contributed by atoms with Crippen molar-refractivity contribution in [3.05, 3.63) is 71.5 Å². The molecule has 0 aliphatic rings. The van der Waals surface area contributed by atoms with Crippen LogP contribution in [-0.2, 0) is 13.1 Å². The number of nitrogens with zero attached hydrogens (tertiary/aromatic N) is 5. The number of amides is 1. The molecule has 172 valence electrons. The van der Waals surface area contributed by atoms with E-state index in [4.69, 9.17) is 11.5 Å². The van der Waals surface area contributed by atoms with Gasteiger partial charge in [-0.2, -0.15) is 9.97 Å². The lowest BCUT2D eigenvalue weighted by atomic mass is 9.80. The minimum absolute atomic E-state index is 0.203. The number of hydrogen-bond acceptors (Lipinski definition) is 10. The second-order valence-electron chi connectivity index (χ2n) is 7.70. The van der Waals surface area contributed by atoms with Gasteiger partial charge in [0.25, 0.3) is 0 Å². The Morgan fingerprint density at radius 1 is 1.06 bits per heavy atom. The largest absolute Gasteiger partial charge is 0.488 e. The van der Waals surface area contributed by atoms with Gasteiger partial charge in [0.05, 0.1) is 18.4 Å². The first-order valence-corrected chi connectivity index (χ1v) is 10.4. The molecule has 0 fully saturated rings. The molecule has 0 unspecified atom stereocenters. The first-order chi connectivity index (χ1) is 16.3. The smallest absolute Gasteiger partial charge is 0.423 e. The lowest BCUT2D eigenvalue weighted by molar-refractivity contribution is 0.100. The average Bonchev–Trinajstić information content (AvgIpc) is 2.83. The summed E-state index contributed by atoms with van der Waals surface area (Å²) < 4.78 is 0. The highest BCUT2D eigenvalue weighted by molar-refractivity contribution is 6.58. The Kier molecular flexibility index (Phi) is 6.52. The highest BCUT2D eigenvalue weighted by Crippen LogP contribution is 2.19. The number of fused-ring (bicyclic) bond motifs is 1. The predicted octanol–water partition coefficient (Wildman–Crippen LogP) is 0.0292. The molecule has 4 aromatic rings. The summed E-state index contributed by atoms with van der Waals surface area (Å²) in [7, 11) is 0.391. The number of nitrogens with one attached hydrogen (secondary N) is 1. The molecule has 2 heterocycles. The Bertz CT molecular complexity index is 1320. The van der Waals surface area contributed by atoms with Crippen molar-refractivity contribution in [2.24, 2.45) is 5.73 Å². The van der Waals surface area contributed by atoms with Crippen LogP contribution >= 0.6 is 0 Å². The number of aromatic nitrogens is 4. The number of carbonyl (C=O) groups is 1. The quantitative estimate of drug-likeness (QED) is 0.226. The molecule has 11 nitrogen and oxygen atoms in total. The van der Waals surface area contributed by atoms with Crippen molar-refractivity contribution in [3.63, 3.8) is 0 Å². The first kappa shape index (κ1) is 22.9. The molecule has 7 N–H and O–H groups in total. The normalized spacial score (nSPS) is 10.8. The van der Waals surface area contributed by atoms with Crippen LogP contribution in [0.4, 0.5) is 17.5 Å². The number of hydrogen-bond donors (Lipinski definition) is 5. The molecule has 34 heavy (non-hydrogen) atoms. The van der Waals surface area contributed by atoms with E-state index < -0.39 is 13.0 Å². The lowest BCUT2D eigenvalue weighted by Gasteiger charge is -2.19. The van der Waals surface area contributed by atoms with Crippen LogP contribution in [0.1, 0.15) is 21.6 Å². The molecule has 4 rings (SSSR count). The maximum absolute atomic E-state index is 11.2. The Morgan fingerprint density at radius 3 is 2.41 bits per heavy atom. The van der Waals surface area contributed by atoms with Crippen molar-refractivity contribution in [1.82, 2.24) is 19.9 Å². The molecule has 0 spiro atoms. The van der Waals surface area contributed by atoms with E-state index in [2.05, 4.69) is 25.3 Å². The van der Waals surface area contributed by atoms with Crippen molar-refractivity contribution in [2.75, 3.05) is 23.0 Å². The third-order valence-electron chi connectivity index (χ3n) is 5.20. The average molecular weight is 458 g/mol. The minimum Gasteiger partial charge on any atom is -0.423 e. The molecule has 0 saturated heterocycles. The summed E-state index contributed by atoms with van der Waals surface area (Å²) >= 11 is 0. The van der Waals surface area contributed by atoms with Gasteiger partial charge < -0.3 is 31.7 Å². The summed E-state index contributed by atoms with van der Waals surface area (Å²) in [6.07, 6.45) is 1.63. The fourth-order valence-electron chi connectivity index (χ4n) is 3.32. The van der Waals surface area contributed by atoms with E-state index in [1.165, 1.54) is 0 Å². The summed E-state index contributed by atoms with van der Waals surface area (Å²) in [5, 5.41) is 21.5. The molecule has 12 heteroatoms. The summed E-state index contributed by atoms with van der Waals surface area (Å²) in [6.45, 7) is 0.869. The van der Waals surface area contributed by atoms with E-state index >= 15 is 0 Å². The van der Waals surface area contributed by atoms with E-state index in [9.17, 15) is 14.8 Å². The van der Waals surface area contributed by atoms with Gasteiger partial charge in [0.1, 0.15) is 0 Å². The van der Waals surface area contributed by atoms with E-state index in [-0.39, 0.29) is 5.82 Å². The maximum atomic E-state index is 11.2. The van der Waals surface area contributed by atoms with Gasteiger partial charge in [-0.05, 0) is 35.3 Å². The summed E-state index contributed by atoms with van der Waals surface area (Å²) in [4.78, 5) is 30.8. The molecular weight excluding hydrogens is 435 g/mol. The number of nitrogen functional groups attached to an aromatic ring is 1. The van der Waals surface area contributed by atoms with E-state index in [1.54, 1.807) is 42.6 Å². The van der Waals surface area contributed by atoms with E-state index in [0.717, 1.165) is 11.3 Å². The number of carbonyl (C=O) groups excluding carboxylic acids is 1. The second-order valence-corrected chi connectivity index (χ2v) is 7.70. The standard InChI is InChI=1S/C22H23BN8O3/c1-31(17-8-4-14(5-9-17)20(25)32)12-16-11-26-21-18(28-16)19(24)29-22(30-21)27-10-13-2-6-15(7-3-13)23(33)34/h2-9,11,33-34H,10,12H2,1H3,(H2,25,32)(H3,24,26,27,29,30). The van der Waals surface area contributed by atoms with Crippen molar-refractivity contribution in [1.29, 1.82) is 0 Å². The highest BCUT2D eigenvalue weighted by atomic mass is 16.4. The Hall–Kier alpha value is -4.29. The molecule has 1 amide bonds. The van der Waals surface area contributed by atoms with Crippen LogP contribution in [-0.4, -0.2) is 50.1 Å². The zero-order valence-electron chi connectivity index (χ0n) is 18.4. The maximum Gasteiger partial charge on any atom is 0.488 e. The highest BCUT2D eigenvalue weighted by Gasteiger charge is 2.12. The van der Waals surface area contributed by atoms with Crippen molar-refractivity contribution in [2.45, 2.75) is 13.1 Å². The van der Waals surface area contributed by atoms with Crippen LogP contribution in [0.25, 0.3) is 11.2 Å². The third kappa shape index (κ3) is 5.19. The van der Waals surface area contributed by atoms with Crippen LogP contribution < -0.4 is 27.1 Å². The molecule has 0 bridgehead atoms. The summed E-state index contributed by atoms with van der Waals surface area (Å²) in [6, 6.07) is 13.8. The third-order valence-corrected chi connectivity index (χ3v) is 5.20. The summed E-state index contributed by atoms with van der Waals surface area (Å²) in [5.41, 5.74) is 15.5. The van der Waals surface area contributed by atoms with Crippen LogP contribution in [0.3, 0.4) is 0 Å². The topological polar surface area (TPSA) is 176 Å². The van der Waals surface area contributed by atoms with E-state index in [1.807, 2.05) is 24.1 Å². The molecule has 0 atom stereocenters. The van der Waals surface area contributed by atoms with Gasteiger partial charge in [-0.3, -0.25) is 4.79 Å². The molecule has 2 aromatic carbocycles. The minimum atomic E-state index is -1.50. The van der Waals surface area contributed by atoms with Crippen molar-refractivity contribution >= 4 is 47.1 Å². The summed E-state index contributed by atoms with van der Waals surface area (Å²) in [5.74, 6) is 0.0393. The van der Waals surface area contributed by atoms with Crippen LogP contribution in [0.15, 0.2) is 54.7 Å². The Morgan fingerprint density at radius 2 is 1.76 bits per heavy atom. The zero-order valence-corrected chi connectivity index (χ0v) is 18.4. The fraction of sp³-hybridized carbons (Fsp3) is 0.136. The molecular formula is C22H23BN8O3. The second kappa shape index (κ2) is 9.69. The van der Waals surface area contributed by atoms with Gasteiger partial charge in [0, 0.05) is 24.8 Å². The SMILES string of the molecule is CN(Cc1cnc2nc(NCc3ccc(B(O)O)cc3)nc(N)c2n1)c1ccc(C(N)=O)cc1. The number of nitrogens with two attached hydrogens (primary N) is 2. The Labute approximate surface area is 195 Å². The van der Waals surface area contributed by atoms with Gasteiger partial charge >= 0.3 is 7.12 Å². The van der Waals surface area contributed by atoms with Crippen LogP contribution in [0.2, 0.25) is 0 Å². The van der Waals surface area contributed by atoms with Gasteiger partial charge in [0.2, 0.25) is 11.9 Å². The number of primary amides is 1. The van der Waals surface area contributed by atoms with Crippen LogP contribution in [0.5, 0.6) is 0 Å². The molecule has 0 aliphatic carbocycles. The van der Waals surface area contributed by atoms with Crippen LogP contribution in [0, 0.1) is 0 Å². The lowest BCUT2D eigenvalue weighted by Crippen LogP contribution is -2.29. The van der Waals surface area contributed by atoms with Gasteiger partial charge in [-0.25, -0.2) is 9.97 Å². The molecule has 2 aromatic heterocycles. The van der Waals surface area contributed by atoms with Gasteiger partial charge in [-0.15, -0.1) is 0 Å². The predicted molar refractivity (Wildman–Crippen MR) is 130 cm³/mol. The number of anilines is 3. The Balaban J connectivity index is 1.46. The van der Waals surface area contributed by atoms with Gasteiger partial charge in [0.15, 0.2) is 17.0 Å². The first-order valence-electron chi connectivity index (χ1n) is 10.4. The number of rotatable bonds is 8. The fourth-order valence-corrected chi connectivity index (χ4v) is 3.32. The van der Waals surface area contributed by atoms with E-state index in [0.29, 0.717) is 46.9 Å². The zero-order chi connectivity index (χ0) is 24.2. The molecule has 0 radical (unpaired) electrons. The monoisotopic (exact) mass is 458 g/mol.